The topological polar surface area (TPSA) is 57.6 Å². The molecule has 1 heterocycles. The number of nitrogens with zero attached hydrogens (tertiary/aromatic N) is 1. The molecule has 2 rings (SSSR count). The molecule has 0 saturated carbocycles. The molecule has 1 N–H and O–H groups in total. The van der Waals surface area contributed by atoms with Crippen LogP contribution in [0, 0.1) is 5.82 Å². The number of amides is 1. The van der Waals surface area contributed by atoms with Crippen LogP contribution in [0.15, 0.2) is 23.1 Å². The van der Waals surface area contributed by atoms with Gasteiger partial charge in [0, 0.05) is 30.0 Å². The fraction of sp³-hybridized carbons (Fsp3) is 0.385. The molecule has 1 amide bonds. The van der Waals surface area contributed by atoms with E-state index in [0.29, 0.717) is 18.7 Å². The van der Waals surface area contributed by atoms with Gasteiger partial charge in [-0.15, -0.1) is 11.8 Å². The van der Waals surface area contributed by atoms with Gasteiger partial charge in [0.15, 0.2) is 0 Å². The summed E-state index contributed by atoms with van der Waals surface area (Å²) < 4.78 is 13.3. The number of anilines is 1. The van der Waals surface area contributed by atoms with E-state index in [1.165, 1.54) is 12.1 Å². The first-order valence-corrected chi connectivity index (χ1v) is 7.01. The number of benzene rings is 1. The van der Waals surface area contributed by atoms with Gasteiger partial charge in [-0.25, -0.2) is 4.39 Å². The number of hydrogen-bond acceptors (Lipinski definition) is 3. The molecule has 1 aliphatic heterocycles. The number of halogens is 1. The van der Waals surface area contributed by atoms with Crippen molar-refractivity contribution in [3.63, 3.8) is 0 Å². The van der Waals surface area contributed by atoms with Gasteiger partial charge >= 0.3 is 5.97 Å². The first-order valence-electron chi connectivity index (χ1n) is 6.02. The molecule has 0 atom stereocenters. The number of carbonyl (C=O) groups is 2. The molecular formula is C13H14FNO3S. The van der Waals surface area contributed by atoms with Gasteiger partial charge in [0.1, 0.15) is 5.82 Å². The van der Waals surface area contributed by atoms with Gasteiger partial charge in [0.05, 0.1) is 5.69 Å². The highest BCUT2D eigenvalue weighted by Gasteiger charge is 2.23. The molecule has 0 unspecified atom stereocenters. The van der Waals surface area contributed by atoms with Crippen LogP contribution in [0.1, 0.15) is 19.3 Å². The van der Waals surface area contributed by atoms with Crippen molar-refractivity contribution in [2.75, 3.05) is 17.2 Å². The van der Waals surface area contributed by atoms with Gasteiger partial charge in [-0.05, 0) is 24.6 Å². The van der Waals surface area contributed by atoms with Crippen LogP contribution < -0.4 is 4.90 Å². The van der Waals surface area contributed by atoms with E-state index < -0.39 is 5.97 Å². The van der Waals surface area contributed by atoms with Gasteiger partial charge in [-0.2, -0.15) is 0 Å². The number of aliphatic carboxylic acids is 1. The van der Waals surface area contributed by atoms with Crippen LogP contribution in [0.25, 0.3) is 0 Å². The number of thioether (sulfide) groups is 1. The minimum Gasteiger partial charge on any atom is -0.481 e. The van der Waals surface area contributed by atoms with Crippen molar-refractivity contribution in [3.8, 4) is 0 Å². The monoisotopic (exact) mass is 283 g/mol. The van der Waals surface area contributed by atoms with Crippen molar-refractivity contribution >= 4 is 29.3 Å². The standard InChI is InChI=1S/C13H14FNO3S/c14-9-4-5-11-10(8-9)15(6-7-19-11)12(16)2-1-3-13(17)18/h4-5,8H,1-3,6-7H2,(H,17,18). The lowest BCUT2D eigenvalue weighted by atomic mass is 10.2. The van der Waals surface area contributed by atoms with Crippen LogP contribution in [0.4, 0.5) is 10.1 Å². The third kappa shape index (κ3) is 3.47. The highest BCUT2D eigenvalue weighted by Crippen LogP contribution is 2.35. The van der Waals surface area contributed by atoms with Gasteiger partial charge < -0.3 is 10.0 Å². The van der Waals surface area contributed by atoms with E-state index in [-0.39, 0.29) is 24.6 Å². The van der Waals surface area contributed by atoms with Gasteiger partial charge in [-0.1, -0.05) is 0 Å². The lowest BCUT2D eigenvalue weighted by Crippen LogP contribution is -2.35. The lowest BCUT2D eigenvalue weighted by molar-refractivity contribution is -0.137. The van der Waals surface area contributed by atoms with Crippen LogP contribution in [-0.2, 0) is 9.59 Å². The highest BCUT2D eigenvalue weighted by atomic mass is 32.2. The third-order valence-electron chi connectivity index (χ3n) is 2.87. The Morgan fingerprint density at radius 1 is 1.37 bits per heavy atom. The number of carboxylic acid groups (broad SMARTS) is 1. The Bertz CT molecular complexity index is 507. The van der Waals surface area contributed by atoms with E-state index in [1.807, 2.05) is 0 Å². The maximum absolute atomic E-state index is 13.3. The summed E-state index contributed by atoms with van der Waals surface area (Å²) in [6.45, 7) is 0.535. The number of carboxylic acids is 1. The zero-order chi connectivity index (χ0) is 13.8. The van der Waals surface area contributed by atoms with E-state index in [0.717, 1.165) is 10.6 Å². The summed E-state index contributed by atoms with van der Waals surface area (Å²) in [4.78, 5) is 24.9. The average Bonchev–Trinajstić information content (AvgIpc) is 2.37. The van der Waals surface area contributed by atoms with Crippen molar-refractivity contribution in [1.29, 1.82) is 0 Å². The molecule has 1 aromatic carbocycles. The molecule has 6 heteroatoms. The van der Waals surface area contributed by atoms with E-state index >= 15 is 0 Å². The van der Waals surface area contributed by atoms with E-state index in [4.69, 9.17) is 5.11 Å². The minimum absolute atomic E-state index is 0.0235. The molecule has 4 nitrogen and oxygen atoms in total. The van der Waals surface area contributed by atoms with Crippen molar-refractivity contribution in [1.82, 2.24) is 0 Å². The summed E-state index contributed by atoms with van der Waals surface area (Å²) in [6.07, 6.45) is 0.458. The Hall–Kier alpha value is -1.56. The molecule has 0 aliphatic carbocycles. The number of carbonyl (C=O) groups excluding carboxylic acids is 1. The van der Waals surface area contributed by atoms with E-state index in [2.05, 4.69) is 0 Å². The predicted molar refractivity (Wildman–Crippen MR) is 71.0 cm³/mol. The quantitative estimate of drug-likeness (QED) is 0.922. The number of rotatable bonds is 4. The Labute approximate surface area is 114 Å². The Morgan fingerprint density at radius 3 is 2.89 bits per heavy atom. The summed E-state index contributed by atoms with van der Waals surface area (Å²) >= 11 is 1.59. The van der Waals surface area contributed by atoms with Crippen LogP contribution in [0.2, 0.25) is 0 Å². The van der Waals surface area contributed by atoms with E-state index in [9.17, 15) is 14.0 Å². The summed E-state index contributed by atoms with van der Waals surface area (Å²) in [5.41, 5.74) is 0.594. The second kappa shape index (κ2) is 6.06. The Morgan fingerprint density at radius 2 is 2.16 bits per heavy atom. The molecule has 0 spiro atoms. The molecule has 19 heavy (non-hydrogen) atoms. The van der Waals surface area contributed by atoms with Crippen molar-refractivity contribution in [3.05, 3.63) is 24.0 Å². The molecule has 0 aromatic heterocycles. The van der Waals surface area contributed by atoms with Crippen LogP contribution >= 0.6 is 11.8 Å². The number of hydrogen-bond donors (Lipinski definition) is 1. The van der Waals surface area contributed by atoms with Crippen LogP contribution in [-0.4, -0.2) is 29.3 Å². The van der Waals surface area contributed by atoms with Crippen LogP contribution in [0.3, 0.4) is 0 Å². The smallest absolute Gasteiger partial charge is 0.303 e. The summed E-state index contributed by atoms with van der Waals surface area (Å²) in [6, 6.07) is 4.41. The maximum atomic E-state index is 13.3. The molecule has 1 aromatic rings. The van der Waals surface area contributed by atoms with Gasteiger partial charge in [-0.3, -0.25) is 9.59 Å². The van der Waals surface area contributed by atoms with Crippen molar-refractivity contribution in [2.45, 2.75) is 24.2 Å². The zero-order valence-electron chi connectivity index (χ0n) is 10.3. The second-order valence-electron chi connectivity index (χ2n) is 4.25. The lowest BCUT2D eigenvalue weighted by Gasteiger charge is -2.29. The second-order valence-corrected chi connectivity index (χ2v) is 5.39. The van der Waals surface area contributed by atoms with Gasteiger partial charge in [0.25, 0.3) is 0 Å². The fourth-order valence-electron chi connectivity index (χ4n) is 1.98. The summed E-state index contributed by atoms with van der Waals surface area (Å²) in [5, 5.41) is 8.55. The normalized spacial score (nSPS) is 14.1. The molecular weight excluding hydrogens is 269 g/mol. The maximum Gasteiger partial charge on any atom is 0.303 e. The first-order chi connectivity index (χ1) is 9.08. The molecule has 0 radical (unpaired) electrons. The summed E-state index contributed by atoms with van der Waals surface area (Å²) in [7, 11) is 0. The molecule has 102 valence electrons. The summed E-state index contributed by atoms with van der Waals surface area (Å²) in [5.74, 6) is -0.657. The first kappa shape index (κ1) is 13.9. The zero-order valence-corrected chi connectivity index (χ0v) is 11.1. The third-order valence-corrected chi connectivity index (χ3v) is 3.91. The molecule has 0 bridgehead atoms. The number of fused-ring (bicyclic) bond motifs is 1. The average molecular weight is 283 g/mol. The SMILES string of the molecule is O=C(O)CCCC(=O)N1CCSc2ccc(F)cc21. The minimum atomic E-state index is -0.909. The largest absolute Gasteiger partial charge is 0.481 e. The van der Waals surface area contributed by atoms with Gasteiger partial charge in [0.2, 0.25) is 5.91 Å². The van der Waals surface area contributed by atoms with Crippen LogP contribution in [0.5, 0.6) is 0 Å². The fourth-order valence-corrected chi connectivity index (χ4v) is 2.95. The molecule has 1 aliphatic rings. The van der Waals surface area contributed by atoms with Crippen molar-refractivity contribution in [2.24, 2.45) is 0 Å². The van der Waals surface area contributed by atoms with E-state index in [1.54, 1.807) is 22.7 Å². The Balaban J connectivity index is 2.07. The molecule has 0 fully saturated rings. The predicted octanol–water partition coefficient (Wildman–Crippen LogP) is 2.52. The Kier molecular flexibility index (Phi) is 4.42. The highest BCUT2D eigenvalue weighted by molar-refractivity contribution is 7.99. The molecule has 0 saturated heterocycles. The van der Waals surface area contributed by atoms with Crippen molar-refractivity contribution < 1.29 is 19.1 Å².